The highest BCUT2D eigenvalue weighted by atomic mass is 15.3. The molecule has 1 fully saturated rings. The first kappa shape index (κ1) is 13.6. The molecule has 0 saturated carbocycles. The molecular weight excluding hydrogens is 224 g/mol. The average Bonchev–Trinajstić information content (AvgIpc) is 2.99. The second-order valence-electron chi connectivity index (χ2n) is 5.60. The maximum absolute atomic E-state index is 4.68. The lowest BCUT2D eigenvalue weighted by atomic mass is 10.0. The van der Waals surface area contributed by atoms with Gasteiger partial charge in [-0.25, -0.2) is 0 Å². The molecule has 0 spiro atoms. The maximum Gasteiger partial charge on any atom is 0.0762 e. The molecule has 1 unspecified atom stereocenters. The smallest absolute Gasteiger partial charge is 0.0762 e. The summed E-state index contributed by atoms with van der Waals surface area (Å²) in [7, 11) is 0. The van der Waals surface area contributed by atoms with Crippen LogP contribution in [0.25, 0.3) is 0 Å². The summed E-state index contributed by atoms with van der Waals surface area (Å²) in [6.07, 6.45) is 5.60. The van der Waals surface area contributed by atoms with E-state index >= 15 is 0 Å². The number of rotatable bonds is 6. The summed E-state index contributed by atoms with van der Waals surface area (Å²) in [6, 6.07) is 2.68. The molecule has 1 aromatic heterocycles. The van der Waals surface area contributed by atoms with Crippen molar-refractivity contribution in [2.24, 2.45) is 0 Å². The molecule has 4 nitrogen and oxygen atoms in total. The van der Waals surface area contributed by atoms with Crippen molar-refractivity contribution >= 4 is 0 Å². The molecule has 0 aliphatic carbocycles. The maximum atomic E-state index is 4.68. The Morgan fingerprint density at radius 1 is 1.50 bits per heavy atom. The molecule has 18 heavy (non-hydrogen) atoms. The van der Waals surface area contributed by atoms with Gasteiger partial charge in [0, 0.05) is 24.8 Å². The highest BCUT2D eigenvalue weighted by molar-refractivity contribution is 5.02. The molecule has 4 heteroatoms. The second kappa shape index (κ2) is 5.85. The van der Waals surface area contributed by atoms with E-state index in [1.54, 1.807) is 0 Å². The van der Waals surface area contributed by atoms with E-state index in [-0.39, 0.29) is 5.54 Å². The van der Waals surface area contributed by atoms with Gasteiger partial charge in [0.2, 0.25) is 0 Å². The Kier molecular flexibility index (Phi) is 4.40. The average molecular weight is 250 g/mol. The zero-order valence-corrected chi connectivity index (χ0v) is 11.9. The van der Waals surface area contributed by atoms with Crippen LogP contribution in [0.15, 0.2) is 12.3 Å². The van der Waals surface area contributed by atoms with Gasteiger partial charge < -0.3 is 10.6 Å². The molecule has 2 heterocycles. The van der Waals surface area contributed by atoms with E-state index in [0.29, 0.717) is 6.04 Å². The van der Waals surface area contributed by atoms with Crippen LogP contribution >= 0.6 is 0 Å². The zero-order valence-electron chi connectivity index (χ0n) is 11.9. The van der Waals surface area contributed by atoms with Crippen LogP contribution in [-0.2, 0) is 6.54 Å². The van der Waals surface area contributed by atoms with Crippen molar-refractivity contribution in [2.45, 2.75) is 58.2 Å². The molecule has 1 saturated heterocycles. The second-order valence-corrected chi connectivity index (χ2v) is 5.60. The minimum absolute atomic E-state index is 0.235. The topological polar surface area (TPSA) is 41.9 Å². The van der Waals surface area contributed by atoms with Crippen molar-refractivity contribution in [3.05, 3.63) is 18.0 Å². The van der Waals surface area contributed by atoms with Crippen LogP contribution in [0.1, 0.15) is 51.8 Å². The van der Waals surface area contributed by atoms with E-state index in [1.165, 1.54) is 6.42 Å². The Balaban J connectivity index is 1.90. The van der Waals surface area contributed by atoms with Crippen molar-refractivity contribution in [2.75, 3.05) is 13.1 Å². The molecule has 2 rings (SSSR count). The molecule has 1 atom stereocenters. The molecule has 0 radical (unpaired) electrons. The lowest BCUT2D eigenvalue weighted by Crippen LogP contribution is -2.43. The summed E-state index contributed by atoms with van der Waals surface area (Å²) in [5, 5.41) is 11.7. The fraction of sp³-hybridized carbons (Fsp3) is 0.786. The Hall–Kier alpha value is -0.870. The fourth-order valence-corrected chi connectivity index (χ4v) is 2.61. The Labute approximate surface area is 110 Å². The van der Waals surface area contributed by atoms with Crippen LogP contribution < -0.4 is 10.6 Å². The molecule has 0 amide bonds. The first-order valence-electron chi connectivity index (χ1n) is 7.16. The number of aromatic nitrogens is 2. The minimum atomic E-state index is 0.235. The molecule has 102 valence electrons. The van der Waals surface area contributed by atoms with Gasteiger partial charge in [0.1, 0.15) is 0 Å². The van der Waals surface area contributed by atoms with E-state index in [9.17, 15) is 0 Å². The largest absolute Gasteiger partial charge is 0.315 e. The summed E-state index contributed by atoms with van der Waals surface area (Å²) in [5.74, 6) is 0. The van der Waals surface area contributed by atoms with Gasteiger partial charge in [0.25, 0.3) is 0 Å². The van der Waals surface area contributed by atoms with Crippen molar-refractivity contribution < 1.29 is 0 Å². The van der Waals surface area contributed by atoms with Crippen LogP contribution in [0.4, 0.5) is 0 Å². The van der Waals surface area contributed by atoms with Crippen LogP contribution in [0.3, 0.4) is 0 Å². The van der Waals surface area contributed by atoms with Crippen molar-refractivity contribution in [3.63, 3.8) is 0 Å². The third-order valence-corrected chi connectivity index (χ3v) is 4.05. The normalized spacial score (nSPS) is 24.0. The van der Waals surface area contributed by atoms with Crippen molar-refractivity contribution in [1.82, 2.24) is 20.4 Å². The Morgan fingerprint density at radius 3 is 2.89 bits per heavy atom. The summed E-state index contributed by atoms with van der Waals surface area (Å²) in [6.45, 7) is 9.76. The predicted octanol–water partition coefficient (Wildman–Crippen LogP) is 2.09. The molecule has 1 aromatic rings. The molecule has 1 aliphatic heterocycles. The highest BCUT2D eigenvalue weighted by Crippen LogP contribution is 2.16. The number of hydrogen-bond acceptors (Lipinski definition) is 3. The Bertz CT molecular complexity index is 362. The third kappa shape index (κ3) is 3.12. The highest BCUT2D eigenvalue weighted by Gasteiger charge is 2.27. The summed E-state index contributed by atoms with van der Waals surface area (Å²) < 4.78 is 2.12. The molecule has 0 aromatic carbocycles. The van der Waals surface area contributed by atoms with Gasteiger partial charge in [-0.15, -0.1) is 0 Å². The third-order valence-electron chi connectivity index (χ3n) is 4.05. The molecule has 0 bridgehead atoms. The predicted molar refractivity (Wildman–Crippen MR) is 74.6 cm³/mol. The first-order valence-corrected chi connectivity index (χ1v) is 7.16. The molecule has 1 aliphatic rings. The standard InChI is InChI=1S/C14H26N4/c1-4-13(5-2)18-9-6-12(17-18)10-16-14(3)7-8-15-11-14/h6,9,13,15-16H,4-5,7-8,10-11H2,1-3H3. The summed E-state index contributed by atoms with van der Waals surface area (Å²) in [4.78, 5) is 0. The number of hydrogen-bond donors (Lipinski definition) is 2. The van der Waals surface area contributed by atoms with Crippen LogP contribution in [0, 0.1) is 0 Å². The summed E-state index contributed by atoms with van der Waals surface area (Å²) in [5.41, 5.74) is 1.38. The van der Waals surface area contributed by atoms with Gasteiger partial charge in [0.15, 0.2) is 0 Å². The lowest BCUT2D eigenvalue weighted by Gasteiger charge is -2.23. The zero-order chi connectivity index (χ0) is 13.0. The Morgan fingerprint density at radius 2 is 2.28 bits per heavy atom. The van der Waals surface area contributed by atoms with Crippen molar-refractivity contribution in [3.8, 4) is 0 Å². The molecule has 2 N–H and O–H groups in total. The van der Waals surface area contributed by atoms with Gasteiger partial charge in [-0.05, 0) is 38.8 Å². The minimum Gasteiger partial charge on any atom is -0.315 e. The van der Waals surface area contributed by atoms with E-state index in [1.807, 2.05) is 0 Å². The van der Waals surface area contributed by atoms with Crippen LogP contribution in [-0.4, -0.2) is 28.4 Å². The SMILES string of the molecule is CCC(CC)n1ccc(CNC2(C)CCNC2)n1. The van der Waals surface area contributed by atoms with Gasteiger partial charge in [-0.2, -0.15) is 5.10 Å². The van der Waals surface area contributed by atoms with Gasteiger partial charge in [-0.1, -0.05) is 13.8 Å². The quantitative estimate of drug-likeness (QED) is 0.812. The van der Waals surface area contributed by atoms with Crippen LogP contribution in [0.5, 0.6) is 0 Å². The van der Waals surface area contributed by atoms with Crippen molar-refractivity contribution in [1.29, 1.82) is 0 Å². The lowest BCUT2D eigenvalue weighted by molar-refractivity contribution is 0.377. The monoisotopic (exact) mass is 250 g/mol. The van der Waals surface area contributed by atoms with Gasteiger partial charge in [0.05, 0.1) is 11.7 Å². The van der Waals surface area contributed by atoms with E-state index < -0.39 is 0 Å². The van der Waals surface area contributed by atoms with Crippen LogP contribution in [0.2, 0.25) is 0 Å². The van der Waals surface area contributed by atoms with Gasteiger partial charge >= 0.3 is 0 Å². The first-order chi connectivity index (χ1) is 8.67. The van der Waals surface area contributed by atoms with E-state index in [0.717, 1.165) is 38.2 Å². The summed E-state index contributed by atoms with van der Waals surface area (Å²) >= 11 is 0. The fourth-order valence-electron chi connectivity index (χ4n) is 2.61. The van der Waals surface area contributed by atoms with E-state index in [4.69, 9.17) is 0 Å². The number of nitrogens with zero attached hydrogens (tertiary/aromatic N) is 2. The van der Waals surface area contributed by atoms with E-state index in [2.05, 4.69) is 53.4 Å². The molecular formula is C14H26N4. The van der Waals surface area contributed by atoms with Gasteiger partial charge in [-0.3, -0.25) is 4.68 Å². The number of nitrogens with one attached hydrogen (secondary N) is 2.